The summed E-state index contributed by atoms with van der Waals surface area (Å²) in [7, 11) is 0. The number of ether oxygens (including phenoxy) is 1. The summed E-state index contributed by atoms with van der Waals surface area (Å²) in [5, 5.41) is 13.3. The quantitative estimate of drug-likeness (QED) is 0.910. The molecule has 1 aromatic carbocycles. The molecule has 0 bridgehead atoms. The van der Waals surface area contributed by atoms with Crippen molar-refractivity contribution in [2.75, 3.05) is 19.8 Å². The van der Waals surface area contributed by atoms with Gasteiger partial charge in [0.15, 0.2) is 11.7 Å². The first-order chi connectivity index (χ1) is 11.1. The SMILES string of the molecule is O=C(O)[C@@H]1COCCN1C(=O)c1ccn(-c2ccc(F)cc2)n1. The van der Waals surface area contributed by atoms with Crippen LogP contribution in [-0.4, -0.2) is 57.5 Å². The number of hydrogen-bond donors (Lipinski definition) is 1. The minimum absolute atomic E-state index is 0.0419. The Hall–Kier alpha value is -2.74. The molecule has 2 aromatic rings. The molecule has 7 nitrogen and oxygen atoms in total. The number of aliphatic carboxylic acids is 1. The van der Waals surface area contributed by atoms with Gasteiger partial charge in [0.25, 0.3) is 5.91 Å². The summed E-state index contributed by atoms with van der Waals surface area (Å²) in [6.07, 6.45) is 1.57. The molecule has 1 aliphatic heterocycles. The molecule has 2 heterocycles. The monoisotopic (exact) mass is 319 g/mol. The van der Waals surface area contributed by atoms with Gasteiger partial charge in [-0.2, -0.15) is 5.10 Å². The molecule has 0 spiro atoms. The number of hydrogen-bond acceptors (Lipinski definition) is 4. The molecule has 0 saturated carbocycles. The summed E-state index contributed by atoms with van der Waals surface area (Å²) in [4.78, 5) is 24.9. The third-order valence-electron chi connectivity index (χ3n) is 3.57. The van der Waals surface area contributed by atoms with E-state index < -0.39 is 17.9 Å². The number of nitrogens with zero attached hydrogens (tertiary/aromatic N) is 3. The summed E-state index contributed by atoms with van der Waals surface area (Å²) in [6.45, 7) is 0.438. The van der Waals surface area contributed by atoms with Crippen molar-refractivity contribution in [1.29, 1.82) is 0 Å². The summed E-state index contributed by atoms with van der Waals surface area (Å²) >= 11 is 0. The lowest BCUT2D eigenvalue weighted by Gasteiger charge is -2.32. The maximum Gasteiger partial charge on any atom is 0.328 e. The van der Waals surface area contributed by atoms with Gasteiger partial charge in [-0.3, -0.25) is 4.79 Å². The molecule has 1 aliphatic rings. The molecule has 1 amide bonds. The predicted molar refractivity (Wildman–Crippen MR) is 76.8 cm³/mol. The van der Waals surface area contributed by atoms with Crippen LogP contribution < -0.4 is 0 Å². The highest BCUT2D eigenvalue weighted by Crippen LogP contribution is 2.14. The smallest absolute Gasteiger partial charge is 0.328 e. The van der Waals surface area contributed by atoms with Crippen LogP contribution >= 0.6 is 0 Å². The summed E-state index contributed by atoms with van der Waals surface area (Å²) < 4.78 is 19.5. The van der Waals surface area contributed by atoms with E-state index in [1.54, 1.807) is 6.20 Å². The molecule has 1 N–H and O–H groups in total. The molecule has 120 valence electrons. The minimum Gasteiger partial charge on any atom is -0.480 e. The average molecular weight is 319 g/mol. The van der Waals surface area contributed by atoms with Crippen molar-refractivity contribution in [2.24, 2.45) is 0 Å². The van der Waals surface area contributed by atoms with E-state index >= 15 is 0 Å². The van der Waals surface area contributed by atoms with Crippen LogP contribution in [0.3, 0.4) is 0 Å². The van der Waals surface area contributed by atoms with Gasteiger partial charge < -0.3 is 14.7 Å². The molecular formula is C15H14FN3O4. The standard InChI is InChI=1S/C15H14FN3O4/c16-10-1-3-11(4-2-10)19-6-5-12(17-19)14(20)18-7-8-23-9-13(18)15(21)22/h1-6,13H,7-9H2,(H,21,22)/t13-/m0/s1. The molecule has 8 heteroatoms. The number of halogens is 1. The Labute approximate surface area is 130 Å². The van der Waals surface area contributed by atoms with Gasteiger partial charge in [-0.05, 0) is 30.3 Å². The van der Waals surface area contributed by atoms with Gasteiger partial charge in [-0.15, -0.1) is 0 Å². The van der Waals surface area contributed by atoms with Crippen LogP contribution in [-0.2, 0) is 9.53 Å². The molecular weight excluding hydrogens is 305 g/mol. The maximum atomic E-state index is 12.9. The fourth-order valence-electron chi connectivity index (χ4n) is 2.37. The van der Waals surface area contributed by atoms with Crippen LogP contribution in [0.1, 0.15) is 10.5 Å². The lowest BCUT2D eigenvalue weighted by molar-refractivity contribution is -0.147. The predicted octanol–water partition coefficient (Wildman–Crippen LogP) is 0.937. The molecule has 1 saturated heterocycles. The molecule has 0 aliphatic carbocycles. The molecule has 0 unspecified atom stereocenters. The number of benzene rings is 1. The number of carboxylic acids is 1. The fourth-order valence-corrected chi connectivity index (χ4v) is 2.37. The number of morpholine rings is 1. The van der Waals surface area contributed by atoms with E-state index in [4.69, 9.17) is 4.74 Å². The van der Waals surface area contributed by atoms with Crippen LogP contribution in [0.4, 0.5) is 4.39 Å². The van der Waals surface area contributed by atoms with Crippen molar-refractivity contribution >= 4 is 11.9 Å². The second-order valence-corrected chi connectivity index (χ2v) is 5.05. The van der Waals surface area contributed by atoms with E-state index in [2.05, 4.69) is 5.10 Å². The number of rotatable bonds is 3. The maximum absolute atomic E-state index is 12.9. The number of carboxylic acid groups (broad SMARTS) is 1. The van der Waals surface area contributed by atoms with Crippen LogP contribution in [0.5, 0.6) is 0 Å². The number of carbonyl (C=O) groups excluding carboxylic acids is 1. The Morgan fingerprint density at radius 3 is 2.70 bits per heavy atom. The van der Waals surface area contributed by atoms with E-state index in [-0.39, 0.29) is 31.3 Å². The molecule has 0 radical (unpaired) electrons. The molecule has 1 fully saturated rings. The van der Waals surface area contributed by atoms with Crippen LogP contribution in [0.2, 0.25) is 0 Å². The Kier molecular flexibility index (Phi) is 4.07. The Morgan fingerprint density at radius 2 is 2.00 bits per heavy atom. The van der Waals surface area contributed by atoms with Crippen molar-refractivity contribution < 1.29 is 23.8 Å². The van der Waals surface area contributed by atoms with Crippen LogP contribution in [0.15, 0.2) is 36.5 Å². The normalized spacial score (nSPS) is 18.0. The zero-order valence-corrected chi connectivity index (χ0v) is 12.1. The second kappa shape index (κ2) is 6.17. The zero-order chi connectivity index (χ0) is 16.4. The zero-order valence-electron chi connectivity index (χ0n) is 12.1. The summed E-state index contributed by atoms with van der Waals surface area (Å²) in [5.41, 5.74) is 0.727. The number of amides is 1. The topological polar surface area (TPSA) is 84.7 Å². The highest BCUT2D eigenvalue weighted by Gasteiger charge is 2.34. The largest absolute Gasteiger partial charge is 0.480 e. The van der Waals surface area contributed by atoms with E-state index in [0.29, 0.717) is 5.69 Å². The Morgan fingerprint density at radius 1 is 1.26 bits per heavy atom. The minimum atomic E-state index is -1.11. The number of aromatic nitrogens is 2. The second-order valence-electron chi connectivity index (χ2n) is 5.05. The molecule has 1 atom stereocenters. The lowest BCUT2D eigenvalue weighted by atomic mass is 10.2. The summed E-state index contributed by atoms with van der Waals surface area (Å²) in [6, 6.07) is 6.13. The van der Waals surface area contributed by atoms with Gasteiger partial charge in [-0.1, -0.05) is 0 Å². The molecule has 1 aromatic heterocycles. The fraction of sp³-hybridized carbons (Fsp3) is 0.267. The first-order valence-corrected chi connectivity index (χ1v) is 6.99. The van der Waals surface area contributed by atoms with Gasteiger partial charge in [-0.25, -0.2) is 13.9 Å². The molecule has 23 heavy (non-hydrogen) atoms. The van der Waals surface area contributed by atoms with E-state index in [9.17, 15) is 19.1 Å². The molecule has 3 rings (SSSR count). The average Bonchev–Trinajstić information content (AvgIpc) is 3.04. The third kappa shape index (κ3) is 3.07. The third-order valence-corrected chi connectivity index (χ3v) is 3.57. The van der Waals surface area contributed by atoms with E-state index in [1.165, 1.54) is 39.9 Å². The van der Waals surface area contributed by atoms with Crippen molar-refractivity contribution in [2.45, 2.75) is 6.04 Å². The van der Waals surface area contributed by atoms with Gasteiger partial charge >= 0.3 is 5.97 Å². The summed E-state index contributed by atoms with van der Waals surface area (Å²) in [5.74, 6) is -1.95. The van der Waals surface area contributed by atoms with E-state index in [0.717, 1.165) is 0 Å². The van der Waals surface area contributed by atoms with Crippen molar-refractivity contribution in [1.82, 2.24) is 14.7 Å². The van der Waals surface area contributed by atoms with Gasteiger partial charge in [0.2, 0.25) is 0 Å². The lowest BCUT2D eigenvalue weighted by Crippen LogP contribution is -2.52. The van der Waals surface area contributed by atoms with Crippen molar-refractivity contribution in [3.8, 4) is 5.69 Å². The van der Waals surface area contributed by atoms with Crippen molar-refractivity contribution in [3.63, 3.8) is 0 Å². The van der Waals surface area contributed by atoms with Crippen LogP contribution in [0, 0.1) is 5.82 Å². The van der Waals surface area contributed by atoms with Gasteiger partial charge in [0.05, 0.1) is 18.9 Å². The first kappa shape index (κ1) is 15.2. The van der Waals surface area contributed by atoms with Gasteiger partial charge in [0, 0.05) is 12.7 Å². The Bertz CT molecular complexity index is 729. The van der Waals surface area contributed by atoms with Crippen molar-refractivity contribution in [3.05, 3.63) is 48.0 Å². The van der Waals surface area contributed by atoms with E-state index in [1.807, 2.05) is 0 Å². The highest BCUT2D eigenvalue weighted by atomic mass is 19.1. The Balaban J connectivity index is 1.83. The highest BCUT2D eigenvalue weighted by molar-refractivity contribution is 5.95. The number of carbonyl (C=O) groups is 2. The van der Waals surface area contributed by atoms with Crippen LogP contribution in [0.25, 0.3) is 5.69 Å². The first-order valence-electron chi connectivity index (χ1n) is 6.99. The van der Waals surface area contributed by atoms with Gasteiger partial charge in [0.1, 0.15) is 5.82 Å².